The minimum Gasteiger partial charge on any atom is -0.351 e. The molecule has 0 fully saturated rings. The SMILES string of the molecule is Cc1cc(Cl)c2c(c1)C1=C(CCC(C3=NC(c4ccccc4)NC(c4ccccc4)N3)=C1)C2. The lowest BCUT2D eigenvalue weighted by Gasteiger charge is -2.33. The molecule has 1 aliphatic heterocycles. The molecule has 0 saturated carbocycles. The Morgan fingerprint density at radius 2 is 1.64 bits per heavy atom. The van der Waals surface area contributed by atoms with Gasteiger partial charge in [-0.25, -0.2) is 4.99 Å². The molecule has 2 aliphatic carbocycles. The molecule has 1 heterocycles. The van der Waals surface area contributed by atoms with Gasteiger partial charge in [0, 0.05) is 5.02 Å². The zero-order valence-corrected chi connectivity index (χ0v) is 19.4. The van der Waals surface area contributed by atoms with Gasteiger partial charge in [0.15, 0.2) is 0 Å². The first kappa shape index (κ1) is 20.5. The van der Waals surface area contributed by atoms with E-state index in [2.05, 4.69) is 90.4 Å². The van der Waals surface area contributed by atoms with Gasteiger partial charge in [0.25, 0.3) is 0 Å². The summed E-state index contributed by atoms with van der Waals surface area (Å²) in [5, 5.41) is 8.25. The Hall–Kier alpha value is -3.14. The third-order valence-corrected chi connectivity index (χ3v) is 7.17. The van der Waals surface area contributed by atoms with Crippen molar-refractivity contribution in [1.29, 1.82) is 0 Å². The van der Waals surface area contributed by atoms with Crippen molar-refractivity contribution in [3.63, 3.8) is 0 Å². The van der Waals surface area contributed by atoms with Gasteiger partial charge in [0.2, 0.25) is 0 Å². The predicted molar refractivity (Wildman–Crippen MR) is 136 cm³/mol. The maximum Gasteiger partial charge on any atom is 0.129 e. The van der Waals surface area contributed by atoms with Gasteiger partial charge >= 0.3 is 0 Å². The van der Waals surface area contributed by atoms with E-state index in [1.54, 1.807) is 0 Å². The summed E-state index contributed by atoms with van der Waals surface area (Å²) in [5.74, 6) is 0.982. The average molecular weight is 452 g/mol. The lowest BCUT2D eigenvalue weighted by molar-refractivity contribution is 0.408. The molecule has 0 saturated heterocycles. The van der Waals surface area contributed by atoms with Gasteiger partial charge in [-0.05, 0) is 77.3 Å². The van der Waals surface area contributed by atoms with E-state index >= 15 is 0 Å². The van der Waals surface area contributed by atoms with Crippen LogP contribution in [-0.2, 0) is 6.42 Å². The van der Waals surface area contributed by atoms with Crippen LogP contribution in [0.3, 0.4) is 0 Å². The van der Waals surface area contributed by atoms with Crippen molar-refractivity contribution >= 4 is 23.0 Å². The summed E-state index contributed by atoms with van der Waals surface area (Å²) in [4.78, 5) is 5.13. The Kier molecular flexibility index (Phi) is 5.17. The number of aryl methyl sites for hydroxylation is 1. The highest BCUT2D eigenvalue weighted by Gasteiger charge is 2.30. The van der Waals surface area contributed by atoms with E-state index in [9.17, 15) is 0 Å². The maximum atomic E-state index is 6.61. The minimum absolute atomic E-state index is 0.00673. The fraction of sp³-hybridized carbons (Fsp3) is 0.207. The van der Waals surface area contributed by atoms with E-state index in [1.165, 1.54) is 44.5 Å². The second-order valence-electron chi connectivity index (χ2n) is 9.08. The molecule has 6 rings (SSSR count). The number of rotatable bonds is 3. The van der Waals surface area contributed by atoms with Crippen molar-refractivity contribution in [2.75, 3.05) is 0 Å². The number of halogens is 1. The normalized spacial score (nSPS) is 21.6. The topological polar surface area (TPSA) is 36.4 Å². The molecule has 0 amide bonds. The first-order valence-electron chi connectivity index (χ1n) is 11.6. The number of allylic oxidation sites excluding steroid dienone is 3. The maximum absolute atomic E-state index is 6.61. The lowest BCUT2D eigenvalue weighted by atomic mass is 9.91. The highest BCUT2D eigenvalue weighted by molar-refractivity contribution is 6.32. The number of nitrogens with zero attached hydrogens (tertiary/aromatic N) is 1. The van der Waals surface area contributed by atoms with E-state index in [1.807, 2.05) is 6.07 Å². The quantitative estimate of drug-likeness (QED) is 0.466. The van der Waals surface area contributed by atoms with Crippen molar-refractivity contribution in [2.45, 2.75) is 38.5 Å². The standard InChI is InChI=1S/C29H26ClN3/c1-18-14-24-23-17-22(13-12-21(23)16-25(24)26(30)15-18)29-32-27(19-8-4-2-5-9-19)31-28(33-29)20-10-6-3-7-11-20/h2-11,14-15,17,27-28,31H,12-13,16H2,1H3,(H,32,33). The number of amidine groups is 1. The first-order valence-corrected chi connectivity index (χ1v) is 12.0. The number of fused-ring (bicyclic) bond motifs is 2. The Bertz CT molecular complexity index is 1310. The Labute approximate surface area is 199 Å². The molecule has 33 heavy (non-hydrogen) atoms. The van der Waals surface area contributed by atoms with Crippen molar-refractivity contribution < 1.29 is 0 Å². The van der Waals surface area contributed by atoms with Gasteiger partial charge < -0.3 is 5.32 Å². The first-order chi connectivity index (χ1) is 16.2. The summed E-state index contributed by atoms with van der Waals surface area (Å²) < 4.78 is 0. The molecule has 3 nitrogen and oxygen atoms in total. The molecule has 3 aromatic carbocycles. The van der Waals surface area contributed by atoms with Crippen molar-refractivity contribution in [3.8, 4) is 0 Å². The highest BCUT2D eigenvalue weighted by Crippen LogP contribution is 2.43. The van der Waals surface area contributed by atoms with E-state index < -0.39 is 0 Å². The van der Waals surface area contributed by atoms with Crippen LogP contribution in [0.4, 0.5) is 0 Å². The molecule has 0 radical (unpaired) electrons. The van der Waals surface area contributed by atoms with Crippen LogP contribution in [-0.4, -0.2) is 5.84 Å². The number of hydrogen-bond donors (Lipinski definition) is 2. The van der Waals surface area contributed by atoms with Crippen LogP contribution in [0.25, 0.3) is 5.57 Å². The van der Waals surface area contributed by atoms with Gasteiger partial charge in [-0.15, -0.1) is 0 Å². The van der Waals surface area contributed by atoms with Crippen LogP contribution < -0.4 is 10.6 Å². The van der Waals surface area contributed by atoms with E-state index in [0.717, 1.165) is 30.1 Å². The average Bonchev–Trinajstić information content (AvgIpc) is 3.23. The number of aliphatic imine (C=N–C) groups is 1. The molecule has 164 valence electrons. The molecular weight excluding hydrogens is 426 g/mol. The molecule has 2 unspecified atom stereocenters. The fourth-order valence-corrected chi connectivity index (χ4v) is 5.50. The molecule has 0 spiro atoms. The third kappa shape index (κ3) is 3.82. The number of hydrogen-bond acceptors (Lipinski definition) is 3. The van der Waals surface area contributed by atoms with Crippen molar-refractivity contribution in [2.24, 2.45) is 4.99 Å². The van der Waals surface area contributed by atoms with Crippen LogP contribution >= 0.6 is 11.6 Å². The molecule has 0 bridgehead atoms. The number of nitrogens with one attached hydrogen (secondary N) is 2. The van der Waals surface area contributed by atoms with E-state index in [-0.39, 0.29) is 12.3 Å². The molecular formula is C29H26ClN3. The molecule has 4 heteroatoms. The monoisotopic (exact) mass is 451 g/mol. The zero-order valence-electron chi connectivity index (χ0n) is 18.6. The molecule has 0 aromatic heterocycles. The third-order valence-electron chi connectivity index (χ3n) is 6.83. The second kappa shape index (κ2) is 8.33. The van der Waals surface area contributed by atoms with E-state index in [0.29, 0.717) is 0 Å². The highest BCUT2D eigenvalue weighted by atomic mass is 35.5. The van der Waals surface area contributed by atoms with Crippen LogP contribution in [0.1, 0.15) is 53.0 Å². The molecule has 3 aliphatic rings. The summed E-state index contributed by atoms with van der Waals surface area (Å²) in [7, 11) is 0. The fourth-order valence-electron chi connectivity index (χ4n) is 5.16. The van der Waals surface area contributed by atoms with Crippen LogP contribution in [0, 0.1) is 6.92 Å². The minimum atomic E-state index is -0.100. The Morgan fingerprint density at radius 3 is 2.39 bits per heavy atom. The zero-order chi connectivity index (χ0) is 22.4. The second-order valence-corrected chi connectivity index (χ2v) is 9.49. The largest absolute Gasteiger partial charge is 0.351 e. The van der Waals surface area contributed by atoms with Crippen molar-refractivity contribution in [1.82, 2.24) is 10.6 Å². The van der Waals surface area contributed by atoms with Crippen LogP contribution in [0.2, 0.25) is 5.02 Å². The van der Waals surface area contributed by atoms with E-state index in [4.69, 9.17) is 16.6 Å². The van der Waals surface area contributed by atoms with Crippen LogP contribution in [0.5, 0.6) is 0 Å². The van der Waals surface area contributed by atoms with Gasteiger partial charge in [-0.3, -0.25) is 5.32 Å². The predicted octanol–water partition coefficient (Wildman–Crippen LogP) is 6.67. The summed E-state index contributed by atoms with van der Waals surface area (Å²) in [6.45, 7) is 2.12. The van der Waals surface area contributed by atoms with Gasteiger partial charge in [0.1, 0.15) is 18.2 Å². The molecule has 3 aromatic rings. The van der Waals surface area contributed by atoms with Gasteiger partial charge in [0.05, 0.1) is 0 Å². The Balaban J connectivity index is 1.40. The molecule has 2 atom stereocenters. The molecule has 2 N–H and O–H groups in total. The van der Waals surface area contributed by atoms with Gasteiger partial charge in [-0.2, -0.15) is 0 Å². The lowest BCUT2D eigenvalue weighted by Crippen LogP contribution is -2.45. The van der Waals surface area contributed by atoms with Crippen molar-refractivity contribution in [3.05, 3.63) is 123 Å². The smallest absolute Gasteiger partial charge is 0.129 e. The van der Waals surface area contributed by atoms with Crippen LogP contribution in [0.15, 0.2) is 95.0 Å². The van der Waals surface area contributed by atoms with Gasteiger partial charge in [-0.1, -0.05) is 83.9 Å². The summed E-state index contributed by atoms with van der Waals surface area (Å²) >= 11 is 6.61. The summed E-state index contributed by atoms with van der Waals surface area (Å²) in [6.07, 6.45) is 5.24. The summed E-state index contributed by atoms with van der Waals surface area (Å²) in [5.41, 5.74) is 10.2. The number of benzene rings is 3. The summed E-state index contributed by atoms with van der Waals surface area (Å²) in [6, 6.07) is 25.4. The Morgan fingerprint density at radius 1 is 0.909 bits per heavy atom.